The molecule has 2 N–H and O–H groups in total. The number of nitrogens with one attached hydrogen (secondary N) is 2. The summed E-state index contributed by atoms with van der Waals surface area (Å²) < 4.78 is 0. The van der Waals surface area contributed by atoms with Gasteiger partial charge >= 0.3 is 0 Å². The lowest BCUT2D eigenvalue weighted by atomic mass is 9.98. The van der Waals surface area contributed by atoms with Crippen molar-refractivity contribution in [1.29, 1.82) is 0 Å². The highest BCUT2D eigenvalue weighted by atomic mass is 35.5. The summed E-state index contributed by atoms with van der Waals surface area (Å²) in [6.45, 7) is 0. The molecule has 0 aromatic heterocycles. The molecule has 2 amide bonds. The third-order valence-corrected chi connectivity index (χ3v) is 5.50. The minimum Gasteiger partial charge on any atom is -0.340 e. The van der Waals surface area contributed by atoms with Gasteiger partial charge in [-0.1, -0.05) is 103 Å². The molecule has 0 heterocycles. The zero-order chi connectivity index (χ0) is 23.8. The predicted molar refractivity (Wildman–Crippen MR) is 136 cm³/mol. The standard InChI is InChI=1S/C29H23ClN2O2/c30-25-18-16-21(17-19-25)20-26(31-28(33)24-14-8-3-9-15-24)29(34)32-27(22-10-4-1-5-11-22)23-12-6-2-7-13-23/h1-20,27H,(H,31,33)(H,32,34). The van der Waals surface area contributed by atoms with E-state index in [-0.39, 0.29) is 11.6 Å². The van der Waals surface area contributed by atoms with Crippen molar-refractivity contribution in [3.8, 4) is 0 Å². The monoisotopic (exact) mass is 466 g/mol. The Balaban J connectivity index is 1.67. The van der Waals surface area contributed by atoms with Gasteiger partial charge in [0, 0.05) is 10.6 Å². The topological polar surface area (TPSA) is 58.2 Å². The van der Waals surface area contributed by atoms with E-state index in [4.69, 9.17) is 11.6 Å². The molecule has 0 saturated heterocycles. The van der Waals surface area contributed by atoms with Crippen molar-refractivity contribution in [1.82, 2.24) is 10.6 Å². The molecule has 0 unspecified atom stereocenters. The van der Waals surface area contributed by atoms with Crippen LogP contribution in [0.1, 0.15) is 33.1 Å². The van der Waals surface area contributed by atoms with E-state index in [1.165, 1.54) is 0 Å². The Labute approximate surface area is 203 Å². The molecule has 5 heteroatoms. The summed E-state index contributed by atoms with van der Waals surface area (Å²) in [7, 11) is 0. The average Bonchev–Trinajstić information content (AvgIpc) is 2.89. The summed E-state index contributed by atoms with van der Waals surface area (Å²) in [5, 5.41) is 6.46. The van der Waals surface area contributed by atoms with Crippen LogP contribution in [-0.2, 0) is 4.79 Å². The highest BCUT2D eigenvalue weighted by Crippen LogP contribution is 2.22. The van der Waals surface area contributed by atoms with E-state index in [2.05, 4.69) is 10.6 Å². The number of carbonyl (C=O) groups is 2. The molecule has 0 radical (unpaired) electrons. The number of benzene rings is 4. The number of hydrogen-bond acceptors (Lipinski definition) is 2. The maximum absolute atomic E-state index is 13.5. The van der Waals surface area contributed by atoms with Crippen molar-refractivity contribution >= 4 is 29.5 Å². The molecule has 4 rings (SSSR count). The van der Waals surface area contributed by atoms with E-state index in [0.717, 1.165) is 16.7 Å². The van der Waals surface area contributed by atoms with Crippen molar-refractivity contribution in [3.63, 3.8) is 0 Å². The molecular weight excluding hydrogens is 444 g/mol. The predicted octanol–water partition coefficient (Wildman–Crippen LogP) is 6.02. The van der Waals surface area contributed by atoms with Crippen LogP contribution >= 0.6 is 11.6 Å². The smallest absolute Gasteiger partial charge is 0.268 e. The Kier molecular flexibility index (Phi) is 7.53. The molecule has 4 nitrogen and oxygen atoms in total. The highest BCUT2D eigenvalue weighted by molar-refractivity contribution is 6.30. The first-order valence-electron chi connectivity index (χ1n) is 10.8. The van der Waals surface area contributed by atoms with E-state index < -0.39 is 11.9 Å². The summed E-state index contributed by atoms with van der Waals surface area (Å²) >= 11 is 6.01. The number of carbonyl (C=O) groups excluding carboxylic acids is 2. The Morgan fingerprint density at radius 1 is 0.676 bits per heavy atom. The normalized spacial score (nSPS) is 11.2. The molecule has 34 heavy (non-hydrogen) atoms. The summed E-state index contributed by atoms with van der Waals surface area (Å²) in [6.07, 6.45) is 1.64. The van der Waals surface area contributed by atoms with Crippen LogP contribution in [0.15, 0.2) is 121 Å². The Bertz CT molecular complexity index is 1230. The quantitative estimate of drug-likeness (QED) is 0.327. The van der Waals surface area contributed by atoms with Crippen LogP contribution in [0.4, 0.5) is 0 Å². The number of rotatable bonds is 7. The van der Waals surface area contributed by atoms with Gasteiger partial charge < -0.3 is 10.6 Å². The van der Waals surface area contributed by atoms with Gasteiger partial charge in [0.25, 0.3) is 11.8 Å². The molecule has 0 aliphatic heterocycles. The summed E-state index contributed by atoms with van der Waals surface area (Å²) in [5.74, 6) is -0.774. The third-order valence-electron chi connectivity index (χ3n) is 5.25. The largest absolute Gasteiger partial charge is 0.340 e. The maximum Gasteiger partial charge on any atom is 0.268 e. The minimum absolute atomic E-state index is 0.132. The summed E-state index contributed by atoms with van der Waals surface area (Å²) in [6, 6.07) is 34.9. The van der Waals surface area contributed by atoms with Crippen molar-refractivity contribution in [2.45, 2.75) is 6.04 Å². The van der Waals surface area contributed by atoms with E-state index >= 15 is 0 Å². The molecule has 4 aromatic carbocycles. The van der Waals surface area contributed by atoms with Crippen LogP contribution < -0.4 is 10.6 Å². The minimum atomic E-state index is -0.406. The average molecular weight is 467 g/mol. The number of amides is 2. The molecule has 0 atom stereocenters. The van der Waals surface area contributed by atoms with Gasteiger partial charge in [-0.3, -0.25) is 9.59 Å². The number of halogens is 1. The van der Waals surface area contributed by atoms with E-state index in [1.54, 1.807) is 54.6 Å². The van der Waals surface area contributed by atoms with Crippen LogP contribution in [0.5, 0.6) is 0 Å². The number of hydrogen-bond donors (Lipinski definition) is 2. The molecule has 4 aromatic rings. The molecular formula is C29H23ClN2O2. The van der Waals surface area contributed by atoms with Crippen LogP contribution in [0.2, 0.25) is 5.02 Å². The van der Waals surface area contributed by atoms with E-state index in [1.807, 2.05) is 66.7 Å². The molecule has 168 valence electrons. The fourth-order valence-electron chi connectivity index (χ4n) is 3.53. The van der Waals surface area contributed by atoms with Gasteiger partial charge in [0.1, 0.15) is 5.70 Å². The molecule has 0 aliphatic carbocycles. The van der Waals surface area contributed by atoms with Crippen LogP contribution in [0.3, 0.4) is 0 Å². The lowest BCUT2D eigenvalue weighted by Gasteiger charge is -2.21. The van der Waals surface area contributed by atoms with Gasteiger partial charge in [-0.05, 0) is 47.0 Å². The van der Waals surface area contributed by atoms with Crippen LogP contribution in [-0.4, -0.2) is 11.8 Å². The third kappa shape index (κ3) is 6.00. The van der Waals surface area contributed by atoms with E-state index in [9.17, 15) is 9.59 Å². The zero-order valence-corrected chi connectivity index (χ0v) is 19.1. The van der Waals surface area contributed by atoms with Crippen molar-refractivity contribution in [2.24, 2.45) is 0 Å². The second kappa shape index (κ2) is 11.1. The van der Waals surface area contributed by atoms with Crippen molar-refractivity contribution in [3.05, 3.63) is 148 Å². The van der Waals surface area contributed by atoms with Gasteiger partial charge in [0.15, 0.2) is 0 Å². The first kappa shape index (κ1) is 23.0. The van der Waals surface area contributed by atoms with Gasteiger partial charge in [-0.15, -0.1) is 0 Å². The second-order valence-corrected chi connectivity index (χ2v) is 8.09. The second-order valence-electron chi connectivity index (χ2n) is 7.66. The van der Waals surface area contributed by atoms with Gasteiger partial charge in [0.05, 0.1) is 6.04 Å². The summed E-state index contributed by atoms with van der Waals surface area (Å²) in [4.78, 5) is 26.4. The van der Waals surface area contributed by atoms with Gasteiger partial charge in [-0.25, -0.2) is 0 Å². The Morgan fingerprint density at radius 3 is 1.71 bits per heavy atom. The SMILES string of the molecule is O=C(NC(c1ccccc1)c1ccccc1)C(=Cc1ccc(Cl)cc1)NC(=O)c1ccccc1. The lowest BCUT2D eigenvalue weighted by molar-refractivity contribution is -0.118. The van der Waals surface area contributed by atoms with Gasteiger partial charge in [-0.2, -0.15) is 0 Å². The Morgan fingerprint density at radius 2 is 1.18 bits per heavy atom. The molecule has 0 fully saturated rings. The Hall–Kier alpha value is -4.15. The zero-order valence-electron chi connectivity index (χ0n) is 18.3. The lowest BCUT2D eigenvalue weighted by Crippen LogP contribution is -2.37. The van der Waals surface area contributed by atoms with Crippen molar-refractivity contribution in [2.75, 3.05) is 0 Å². The summed E-state index contributed by atoms with van der Waals surface area (Å²) in [5.41, 5.74) is 3.19. The molecule has 0 bridgehead atoms. The first-order chi connectivity index (χ1) is 16.6. The molecule has 0 saturated carbocycles. The van der Waals surface area contributed by atoms with Crippen LogP contribution in [0.25, 0.3) is 6.08 Å². The molecule has 0 aliphatic rings. The molecule has 0 spiro atoms. The fraction of sp³-hybridized carbons (Fsp3) is 0.0345. The van der Waals surface area contributed by atoms with Crippen molar-refractivity contribution < 1.29 is 9.59 Å². The fourth-order valence-corrected chi connectivity index (χ4v) is 3.65. The maximum atomic E-state index is 13.5. The highest BCUT2D eigenvalue weighted by Gasteiger charge is 2.21. The van der Waals surface area contributed by atoms with Crippen LogP contribution in [0, 0.1) is 0 Å². The van der Waals surface area contributed by atoms with Gasteiger partial charge in [0.2, 0.25) is 0 Å². The van der Waals surface area contributed by atoms with E-state index in [0.29, 0.717) is 10.6 Å². The first-order valence-corrected chi connectivity index (χ1v) is 11.2.